The minimum Gasteiger partial charge on any atom is -0.339 e. The zero-order chi connectivity index (χ0) is 18.6. The summed E-state index contributed by atoms with van der Waals surface area (Å²) in [6, 6.07) is 6.17. The van der Waals surface area contributed by atoms with Crippen LogP contribution < -0.4 is 0 Å². The summed E-state index contributed by atoms with van der Waals surface area (Å²) in [6.45, 7) is 7.00. The maximum atomic E-state index is 12.6. The number of carbonyl (C=O) groups excluding carboxylic acids is 2. The molecule has 1 saturated carbocycles. The van der Waals surface area contributed by atoms with E-state index in [1.54, 1.807) is 12.3 Å². The molecule has 0 unspecified atom stereocenters. The first-order valence-electron chi connectivity index (χ1n) is 10.2. The van der Waals surface area contributed by atoms with E-state index in [0.29, 0.717) is 25.3 Å². The minimum atomic E-state index is -0.0197. The second kappa shape index (κ2) is 8.35. The molecule has 0 bridgehead atoms. The average molecular weight is 371 g/mol. The van der Waals surface area contributed by atoms with Gasteiger partial charge in [0.25, 0.3) is 5.91 Å². The fourth-order valence-corrected chi connectivity index (χ4v) is 4.14. The van der Waals surface area contributed by atoms with Crippen LogP contribution in [-0.4, -0.2) is 101 Å². The van der Waals surface area contributed by atoms with Gasteiger partial charge in [-0.05, 0) is 25.0 Å². The van der Waals surface area contributed by atoms with E-state index in [0.717, 1.165) is 45.3 Å². The molecule has 27 heavy (non-hydrogen) atoms. The van der Waals surface area contributed by atoms with Crippen molar-refractivity contribution in [2.45, 2.75) is 25.3 Å². The Bertz CT molecular complexity index is 648. The number of hydrogen-bond donors (Lipinski definition) is 0. The highest BCUT2D eigenvalue weighted by molar-refractivity contribution is 5.92. The Labute approximate surface area is 160 Å². The van der Waals surface area contributed by atoms with E-state index >= 15 is 0 Å². The Balaban J connectivity index is 1.20. The fourth-order valence-electron chi connectivity index (χ4n) is 4.14. The van der Waals surface area contributed by atoms with Crippen molar-refractivity contribution in [1.29, 1.82) is 0 Å². The number of hydrogen-bond acceptors (Lipinski definition) is 5. The van der Waals surface area contributed by atoms with Gasteiger partial charge < -0.3 is 9.80 Å². The average Bonchev–Trinajstić information content (AvgIpc) is 2.68. The molecule has 0 spiro atoms. The Morgan fingerprint density at radius 2 is 1.63 bits per heavy atom. The number of pyridine rings is 1. The largest absolute Gasteiger partial charge is 0.339 e. The number of aromatic nitrogens is 1. The van der Waals surface area contributed by atoms with Crippen LogP contribution in [0.15, 0.2) is 24.4 Å². The number of rotatable bonds is 4. The lowest BCUT2D eigenvalue weighted by Gasteiger charge is -2.43. The van der Waals surface area contributed by atoms with Crippen molar-refractivity contribution in [1.82, 2.24) is 24.6 Å². The highest BCUT2D eigenvalue weighted by Crippen LogP contribution is 2.25. The Hall–Kier alpha value is -1.99. The maximum absolute atomic E-state index is 12.6. The predicted molar refractivity (Wildman–Crippen MR) is 102 cm³/mol. The molecule has 2 amide bonds. The zero-order valence-electron chi connectivity index (χ0n) is 15.9. The summed E-state index contributed by atoms with van der Waals surface area (Å²) in [4.78, 5) is 37.8. The molecule has 7 heteroatoms. The molecular weight excluding hydrogens is 342 g/mol. The fraction of sp³-hybridized carbons (Fsp3) is 0.650. The van der Waals surface area contributed by atoms with E-state index in [4.69, 9.17) is 0 Å². The van der Waals surface area contributed by atoms with Crippen molar-refractivity contribution in [3.8, 4) is 0 Å². The topological polar surface area (TPSA) is 60.0 Å². The Kier molecular flexibility index (Phi) is 5.69. The first-order chi connectivity index (χ1) is 13.2. The van der Waals surface area contributed by atoms with Crippen LogP contribution in [0, 0.1) is 0 Å². The van der Waals surface area contributed by atoms with Crippen LogP contribution in [-0.2, 0) is 4.79 Å². The summed E-state index contributed by atoms with van der Waals surface area (Å²) in [6.07, 6.45) is 5.66. The summed E-state index contributed by atoms with van der Waals surface area (Å²) in [5.74, 6) is 0.210. The summed E-state index contributed by atoms with van der Waals surface area (Å²) in [7, 11) is 0. The number of carbonyl (C=O) groups is 2. The summed E-state index contributed by atoms with van der Waals surface area (Å²) >= 11 is 0. The molecule has 3 fully saturated rings. The summed E-state index contributed by atoms with van der Waals surface area (Å²) in [5.41, 5.74) is 0.492. The van der Waals surface area contributed by atoms with Gasteiger partial charge in [0.15, 0.2) is 0 Å². The smallest absolute Gasteiger partial charge is 0.272 e. The van der Waals surface area contributed by atoms with Gasteiger partial charge >= 0.3 is 0 Å². The standard InChI is InChI=1S/C20H29N5O2/c26-19(24-14-12-23(13-15-24)17-4-3-5-17)16-22-8-10-25(11-9-22)20(27)18-6-1-2-7-21-18/h1-2,6-7,17H,3-5,8-16H2. The van der Waals surface area contributed by atoms with Crippen molar-refractivity contribution < 1.29 is 9.59 Å². The third-order valence-electron chi connectivity index (χ3n) is 6.16. The lowest BCUT2D eigenvalue weighted by molar-refractivity contribution is -0.135. The molecular formula is C20H29N5O2. The first-order valence-corrected chi connectivity index (χ1v) is 10.2. The molecule has 4 rings (SSSR count). The van der Waals surface area contributed by atoms with Crippen molar-refractivity contribution in [2.75, 3.05) is 58.9 Å². The normalized spacial score (nSPS) is 22.5. The van der Waals surface area contributed by atoms with Crippen molar-refractivity contribution in [3.63, 3.8) is 0 Å². The van der Waals surface area contributed by atoms with Gasteiger partial charge in [0.2, 0.25) is 5.91 Å². The summed E-state index contributed by atoms with van der Waals surface area (Å²) < 4.78 is 0. The molecule has 7 nitrogen and oxygen atoms in total. The molecule has 2 saturated heterocycles. The number of nitrogens with zero attached hydrogens (tertiary/aromatic N) is 5. The van der Waals surface area contributed by atoms with E-state index in [1.165, 1.54) is 19.3 Å². The van der Waals surface area contributed by atoms with Gasteiger partial charge in [-0.25, -0.2) is 0 Å². The quantitative estimate of drug-likeness (QED) is 0.773. The third-order valence-corrected chi connectivity index (χ3v) is 6.16. The van der Waals surface area contributed by atoms with E-state index in [9.17, 15) is 9.59 Å². The Morgan fingerprint density at radius 1 is 0.926 bits per heavy atom. The highest BCUT2D eigenvalue weighted by Gasteiger charge is 2.30. The van der Waals surface area contributed by atoms with E-state index in [1.807, 2.05) is 21.9 Å². The van der Waals surface area contributed by atoms with Gasteiger partial charge in [0.1, 0.15) is 5.69 Å². The molecule has 146 valence electrons. The monoisotopic (exact) mass is 371 g/mol. The van der Waals surface area contributed by atoms with E-state index in [2.05, 4.69) is 14.8 Å². The number of piperazine rings is 2. The van der Waals surface area contributed by atoms with E-state index < -0.39 is 0 Å². The molecule has 0 radical (unpaired) electrons. The van der Waals surface area contributed by atoms with Crippen molar-refractivity contribution in [2.24, 2.45) is 0 Å². The van der Waals surface area contributed by atoms with Gasteiger partial charge in [0, 0.05) is 64.6 Å². The molecule has 1 aromatic rings. The molecule has 0 aromatic carbocycles. The second-order valence-electron chi connectivity index (χ2n) is 7.78. The lowest BCUT2D eigenvalue weighted by Crippen LogP contribution is -2.56. The van der Waals surface area contributed by atoms with Gasteiger partial charge in [-0.15, -0.1) is 0 Å². The van der Waals surface area contributed by atoms with Crippen LogP contribution >= 0.6 is 0 Å². The van der Waals surface area contributed by atoms with Crippen LogP contribution in [0.4, 0.5) is 0 Å². The summed E-state index contributed by atoms with van der Waals surface area (Å²) in [5, 5.41) is 0. The zero-order valence-corrected chi connectivity index (χ0v) is 15.9. The lowest BCUT2D eigenvalue weighted by atomic mass is 9.91. The van der Waals surface area contributed by atoms with E-state index in [-0.39, 0.29) is 11.8 Å². The molecule has 0 atom stereocenters. The van der Waals surface area contributed by atoms with Crippen LogP contribution in [0.1, 0.15) is 29.8 Å². The van der Waals surface area contributed by atoms with Crippen molar-refractivity contribution in [3.05, 3.63) is 30.1 Å². The number of amides is 2. The van der Waals surface area contributed by atoms with Crippen LogP contribution in [0.3, 0.4) is 0 Å². The van der Waals surface area contributed by atoms with Crippen LogP contribution in [0.25, 0.3) is 0 Å². The molecule has 3 heterocycles. The molecule has 2 aliphatic heterocycles. The van der Waals surface area contributed by atoms with Gasteiger partial charge in [0.05, 0.1) is 6.54 Å². The SMILES string of the molecule is O=C(CN1CCN(C(=O)c2ccccn2)CC1)N1CCN(C2CCC2)CC1. The van der Waals surface area contributed by atoms with Crippen LogP contribution in [0.2, 0.25) is 0 Å². The molecule has 0 N–H and O–H groups in total. The molecule has 1 aromatic heterocycles. The Morgan fingerprint density at radius 3 is 2.22 bits per heavy atom. The second-order valence-corrected chi connectivity index (χ2v) is 7.78. The predicted octanol–water partition coefficient (Wildman–Crippen LogP) is 0.536. The first kappa shape index (κ1) is 18.4. The molecule has 1 aliphatic carbocycles. The minimum absolute atomic E-state index is 0.0197. The highest BCUT2D eigenvalue weighted by atomic mass is 16.2. The van der Waals surface area contributed by atoms with Gasteiger partial charge in [-0.2, -0.15) is 0 Å². The molecule has 3 aliphatic rings. The van der Waals surface area contributed by atoms with Gasteiger partial charge in [-0.1, -0.05) is 12.5 Å². The van der Waals surface area contributed by atoms with Crippen LogP contribution in [0.5, 0.6) is 0 Å². The van der Waals surface area contributed by atoms with Gasteiger partial charge in [-0.3, -0.25) is 24.4 Å². The van der Waals surface area contributed by atoms with Crippen molar-refractivity contribution >= 4 is 11.8 Å². The third kappa shape index (κ3) is 4.30. The maximum Gasteiger partial charge on any atom is 0.272 e.